The molecule has 0 aromatic heterocycles. The summed E-state index contributed by atoms with van der Waals surface area (Å²) >= 11 is 0. The predicted molar refractivity (Wildman–Crippen MR) is 59.8 cm³/mol. The Morgan fingerprint density at radius 1 is 1.44 bits per heavy atom. The molecule has 0 aliphatic heterocycles. The van der Waals surface area contributed by atoms with E-state index in [4.69, 9.17) is 5.11 Å². The van der Waals surface area contributed by atoms with Gasteiger partial charge in [-0.25, -0.2) is 4.39 Å². The Balaban J connectivity index is 2.56. The quantitative estimate of drug-likeness (QED) is 0.748. The number of halogens is 1. The zero-order valence-electron chi connectivity index (χ0n) is 9.29. The number of carbonyl (C=O) groups is 1. The standard InChI is InChI=1S/C12H16FNO2/c1-9-5-4-6-10(11(9)13)12(16)14-7-2-3-8-15/h4-6,15H,2-3,7-8H2,1H3,(H,14,16). The van der Waals surface area contributed by atoms with Gasteiger partial charge in [-0.2, -0.15) is 0 Å². The van der Waals surface area contributed by atoms with E-state index < -0.39 is 11.7 Å². The maximum Gasteiger partial charge on any atom is 0.254 e. The average molecular weight is 225 g/mol. The van der Waals surface area contributed by atoms with Crippen molar-refractivity contribution in [2.75, 3.05) is 13.2 Å². The first-order valence-electron chi connectivity index (χ1n) is 5.31. The van der Waals surface area contributed by atoms with Crippen LogP contribution in [0.3, 0.4) is 0 Å². The smallest absolute Gasteiger partial charge is 0.254 e. The van der Waals surface area contributed by atoms with Crippen molar-refractivity contribution in [2.45, 2.75) is 19.8 Å². The van der Waals surface area contributed by atoms with Gasteiger partial charge in [0, 0.05) is 13.2 Å². The number of carbonyl (C=O) groups excluding carboxylic acids is 1. The van der Waals surface area contributed by atoms with Crippen molar-refractivity contribution in [3.63, 3.8) is 0 Å². The van der Waals surface area contributed by atoms with Crippen molar-refractivity contribution in [2.24, 2.45) is 0 Å². The zero-order valence-corrected chi connectivity index (χ0v) is 9.29. The number of rotatable bonds is 5. The van der Waals surface area contributed by atoms with Crippen LogP contribution in [0, 0.1) is 12.7 Å². The molecule has 0 radical (unpaired) electrons. The van der Waals surface area contributed by atoms with Crippen LogP contribution in [-0.4, -0.2) is 24.2 Å². The monoisotopic (exact) mass is 225 g/mol. The molecule has 0 bridgehead atoms. The second-order valence-corrected chi connectivity index (χ2v) is 3.62. The lowest BCUT2D eigenvalue weighted by Crippen LogP contribution is -2.25. The van der Waals surface area contributed by atoms with Crippen LogP contribution in [0.4, 0.5) is 4.39 Å². The molecule has 2 N–H and O–H groups in total. The van der Waals surface area contributed by atoms with Crippen LogP contribution in [-0.2, 0) is 0 Å². The van der Waals surface area contributed by atoms with E-state index in [1.165, 1.54) is 6.07 Å². The Hall–Kier alpha value is -1.42. The zero-order chi connectivity index (χ0) is 12.0. The van der Waals surface area contributed by atoms with Gasteiger partial charge in [0.05, 0.1) is 5.56 Å². The van der Waals surface area contributed by atoms with Gasteiger partial charge in [0.25, 0.3) is 5.91 Å². The minimum atomic E-state index is -0.470. The summed E-state index contributed by atoms with van der Waals surface area (Å²) in [6.07, 6.45) is 1.33. The molecule has 16 heavy (non-hydrogen) atoms. The Labute approximate surface area is 94.3 Å². The summed E-state index contributed by atoms with van der Waals surface area (Å²) in [7, 11) is 0. The van der Waals surface area contributed by atoms with Crippen molar-refractivity contribution in [3.8, 4) is 0 Å². The lowest BCUT2D eigenvalue weighted by molar-refractivity contribution is 0.0948. The van der Waals surface area contributed by atoms with E-state index in [1.807, 2.05) is 0 Å². The first-order chi connectivity index (χ1) is 7.66. The molecule has 0 aliphatic carbocycles. The molecule has 1 amide bonds. The molecular weight excluding hydrogens is 209 g/mol. The number of aliphatic hydroxyl groups excluding tert-OH is 1. The number of aryl methyl sites for hydroxylation is 1. The fraction of sp³-hybridized carbons (Fsp3) is 0.417. The summed E-state index contributed by atoms with van der Waals surface area (Å²) < 4.78 is 13.5. The van der Waals surface area contributed by atoms with Crippen LogP contribution in [0.2, 0.25) is 0 Å². The molecule has 1 aromatic rings. The first kappa shape index (κ1) is 12.6. The molecule has 0 atom stereocenters. The maximum absolute atomic E-state index is 13.5. The third-order valence-corrected chi connectivity index (χ3v) is 2.31. The number of hydrogen-bond donors (Lipinski definition) is 2. The van der Waals surface area contributed by atoms with Crippen molar-refractivity contribution in [1.82, 2.24) is 5.32 Å². The minimum Gasteiger partial charge on any atom is -0.396 e. The van der Waals surface area contributed by atoms with E-state index in [0.29, 0.717) is 24.9 Å². The highest BCUT2D eigenvalue weighted by Crippen LogP contribution is 2.11. The number of nitrogens with one attached hydrogen (secondary N) is 1. The fourth-order valence-corrected chi connectivity index (χ4v) is 1.36. The molecule has 0 spiro atoms. The molecule has 88 valence electrons. The molecule has 1 rings (SSSR count). The molecule has 3 nitrogen and oxygen atoms in total. The van der Waals surface area contributed by atoms with Gasteiger partial charge >= 0.3 is 0 Å². The first-order valence-corrected chi connectivity index (χ1v) is 5.31. The van der Waals surface area contributed by atoms with Gasteiger partial charge in [-0.05, 0) is 31.4 Å². The van der Waals surface area contributed by atoms with Gasteiger partial charge in [0.2, 0.25) is 0 Å². The Morgan fingerprint density at radius 2 is 2.19 bits per heavy atom. The normalized spacial score (nSPS) is 10.2. The summed E-state index contributed by atoms with van der Waals surface area (Å²) in [4.78, 5) is 11.6. The summed E-state index contributed by atoms with van der Waals surface area (Å²) in [5, 5.41) is 11.2. The minimum absolute atomic E-state index is 0.0731. The third-order valence-electron chi connectivity index (χ3n) is 2.31. The number of hydrogen-bond acceptors (Lipinski definition) is 2. The maximum atomic E-state index is 13.5. The summed E-state index contributed by atoms with van der Waals surface area (Å²) in [6.45, 7) is 2.18. The van der Waals surface area contributed by atoms with Crippen LogP contribution in [0.1, 0.15) is 28.8 Å². The van der Waals surface area contributed by atoms with Crippen LogP contribution >= 0.6 is 0 Å². The molecule has 1 aromatic carbocycles. The van der Waals surface area contributed by atoms with E-state index in [-0.39, 0.29) is 12.2 Å². The van der Waals surface area contributed by atoms with Gasteiger partial charge in [0.1, 0.15) is 5.82 Å². The van der Waals surface area contributed by atoms with Crippen LogP contribution in [0.25, 0.3) is 0 Å². The predicted octanol–water partition coefficient (Wildman–Crippen LogP) is 1.64. The van der Waals surface area contributed by atoms with Crippen LogP contribution in [0.5, 0.6) is 0 Å². The van der Waals surface area contributed by atoms with Crippen molar-refractivity contribution in [3.05, 3.63) is 35.1 Å². The van der Waals surface area contributed by atoms with Gasteiger partial charge in [-0.1, -0.05) is 12.1 Å². The van der Waals surface area contributed by atoms with E-state index >= 15 is 0 Å². The molecule has 4 heteroatoms. The van der Waals surface area contributed by atoms with E-state index in [0.717, 1.165) is 0 Å². The van der Waals surface area contributed by atoms with Crippen LogP contribution < -0.4 is 5.32 Å². The highest BCUT2D eigenvalue weighted by atomic mass is 19.1. The molecule has 0 heterocycles. The van der Waals surface area contributed by atoms with Crippen LogP contribution in [0.15, 0.2) is 18.2 Å². The molecule has 0 fully saturated rings. The lowest BCUT2D eigenvalue weighted by Gasteiger charge is -2.06. The Morgan fingerprint density at radius 3 is 2.88 bits per heavy atom. The summed E-state index contributed by atoms with van der Waals surface area (Å²) in [6, 6.07) is 4.74. The summed E-state index contributed by atoms with van der Waals surface area (Å²) in [5.74, 6) is -0.874. The van der Waals surface area contributed by atoms with Crippen molar-refractivity contribution >= 4 is 5.91 Å². The molecule has 0 unspecified atom stereocenters. The summed E-state index contributed by atoms with van der Waals surface area (Å²) in [5.41, 5.74) is 0.534. The third kappa shape index (κ3) is 3.31. The second-order valence-electron chi connectivity index (χ2n) is 3.62. The molecule has 0 saturated heterocycles. The number of benzene rings is 1. The van der Waals surface area contributed by atoms with Crippen molar-refractivity contribution < 1.29 is 14.3 Å². The van der Waals surface area contributed by atoms with Gasteiger partial charge in [-0.3, -0.25) is 4.79 Å². The van der Waals surface area contributed by atoms with Gasteiger partial charge < -0.3 is 10.4 Å². The average Bonchev–Trinajstić information content (AvgIpc) is 2.28. The number of amides is 1. The number of aliphatic hydroxyl groups is 1. The Bertz CT molecular complexity index is 366. The van der Waals surface area contributed by atoms with Gasteiger partial charge in [0.15, 0.2) is 0 Å². The lowest BCUT2D eigenvalue weighted by atomic mass is 10.1. The fourth-order valence-electron chi connectivity index (χ4n) is 1.36. The van der Waals surface area contributed by atoms with E-state index in [2.05, 4.69) is 5.32 Å². The van der Waals surface area contributed by atoms with E-state index in [1.54, 1.807) is 19.1 Å². The molecular formula is C12H16FNO2. The van der Waals surface area contributed by atoms with E-state index in [9.17, 15) is 9.18 Å². The van der Waals surface area contributed by atoms with Crippen molar-refractivity contribution in [1.29, 1.82) is 0 Å². The highest BCUT2D eigenvalue weighted by Gasteiger charge is 2.11. The second kappa shape index (κ2) is 6.23. The van der Waals surface area contributed by atoms with Gasteiger partial charge in [-0.15, -0.1) is 0 Å². The molecule has 0 aliphatic rings. The SMILES string of the molecule is Cc1cccc(C(=O)NCCCCO)c1F. The highest BCUT2D eigenvalue weighted by molar-refractivity contribution is 5.94. The topological polar surface area (TPSA) is 49.3 Å². The Kier molecular flexibility index (Phi) is 4.92. The largest absolute Gasteiger partial charge is 0.396 e. The number of unbranched alkanes of at least 4 members (excludes halogenated alkanes) is 1. The molecule has 0 saturated carbocycles.